The average molecular weight is 187 g/mol. The molecule has 14 heavy (non-hydrogen) atoms. The van der Waals surface area contributed by atoms with Gasteiger partial charge in [0.15, 0.2) is 0 Å². The Hall–Kier alpha value is -1.41. The Morgan fingerprint density at radius 1 is 1.36 bits per heavy atom. The number of nitrogens with one attached hydrogen (secondary N) is 1. The molecule has 1 aliphatic rings. The smallest absolute Gasteiger partial charge is 0.150 e. The predicted molar refractivity (Wildman–Crippen MR) is 57.3 cm³/mol. The molecular formula is C12H13NO. The summed E-state index contributed by atoms with van der Waals surface area (Å²) in [6, 6.07) is 7.77. The third-order valence-electron chi connectivity index (χ3n) is 2.46. The first-order chi connectivity index (χ1) is 6.90. The standard InChI is InChI=1S/C12H13NO/c14-9-10-2-1-3-12(8-10)11-4-6-13-7-5-11/h1-4,8-9,13H,5-7H2. The van der Waals surface area contributed by atoms with Crippen LogP contribution in [0.15, 0.2) is 30.3 Å². The molecule has 0 spiro atoms. The molecule has 1 aromatic carbocycles. The van der Waals surface area contributed by atoms with Gasteiger partial charge in [0.25, 0.3) is 0 Å². The Kier molecular flexibility index (Phi) is 2.75. The minimum Gasteiger partial charge on any atom is -0.313 e. The van der Waals surface area contributed by atoms with Crippen molar-refractivity contribution in [1.82, 2.24) is 5.32 Å². The van der Waals surface area contributed by atoms with Gasteiger partial charge in [0, 0.05) is 12.1 Å². The van der Waals surface area contributed by atoms with E-state index in [9.17, 15) is 4.79 Å². The van der Waals surface area contributed by atoms with Gasteiger partial charge < -0.3 is 5.32 Å². The highest BCUT2D eigenvalue weighted by molar-refractivity contribution is 5.78. The third-order valence-corrected chi connectivity index (χ3v) is 2.46. The lowest BCUT2D eigenvalue weighted by Gasteiger charge is -2.14. The summed E-state index contributed by atoms with van der Waals surface area (Å²) in [4.78, 5) is 10.6. The Bertz CT molecular complexity index is 368. The summed E-state index contributed by atoms with van der Waals surface area (Å²) in [5.74, 6) is 0. The van der Waals surface area contributed by atoms with Crippen molar-refractivity contribution in [3.63, 3.8) is 0 Å². The van der Waals surface area contributed by atoms with E-state index in [1.54, 1.807) is 0 Å². The van der Waals surface area contributed by atoms with Crippen molar-refractivity contribution < 1.29 is 4.79 Å². The van der Waals surface area contributed by atoms with Crippen molar-refractivity contribution in [1.29, 1.82) is 0 Å². The van der Waals surface area contributed by atoms with Crippen LogP contribution in [0.3, 0.4) is 0 Å². The molecule has 0 bridgehead atoms. The van der Waals surface area contributed by atoms with Gasteiger partial charge in [-0.25, -0.2) is 0 Å². The van der Waals surface area contributed by atoms with E-state index in [1.807, 2.05) is 18.2 Å². The molecule has 0 aliphatic carbocycles. The van der Waals surface area contributed by atoms with Gasteiger partial charge in [-0.05, 0) is 30.2 Å². The molecule has 0 saturated carbocycles. The van der Waals surface area contributed by atoms with Crippen LogP contribution in [0.25, 0.3) is 5.57 Å². The second-order valence-electron chi connectivity index (χ2n) is 3.43. The van der Waals surface area contributed by atoms with Gasteiger partial charge in [0.05, 0.1) is 0 Å². The maximum absolute atomic E-state index is 10.6. The first-order valence-electron chi connectivity index (χ1n) is 4.85. The van der Waals surface area contributed by atoms with Crippen molar-refractivity contribution in [2.24, 2.45) is 0 Å². The van der Waals surface area contributed by atoms with Crippen LogP contribution in [0.2, 0.25) is 0 Å². The monoisotopic (exact) mass is 187 g/mol. The van der Waals surface area contributed by atoms with Gasteiger partial charge in [-0.15, -0.1) is 0 Å². The van der Waals surface area contributed by atoms with Gasteiger partial charge >= 0.3 is 0 Å². The lowest BCUT2D eigenvalue weighted by molar-refractivity contribution is 0.112. The number of carbonyl (C=O) groups excluding carboxylic acids is 1. The largest absolute Gasteiger partial charge is 0.313 e. The van der Waals surface area contributed by atoms with E-state index in [1.165, 1.54) is 11.1 Å². The molecule has 1 aromatic rings. The van der Waals surface area contributed by atoms with Crippen molar-refractivity contribution in [2.45, 2.75) is 6.42 Å². The Morgan fingerprint density at radius 2 is 2.29 bits per heavy atom. The fraction of sp³-hybridized carbons (Fsp3) is 0.250. The molecule has 0 saturated heterocycles. The maximum atomic E-state index is 10.6. The van der Waals surface area contributed by atoms with E-state index >= 15 is 0 Å². The first kappa shape index (κ1) is 9.16. The van der Waals surface area contributed by atoms with E-state index in [4.69, 9.17) is 0 Å². The van der Waals surface area contributed by atoms with Crippen LogP contribution in [0.5, 0.6) is 0 Å². The number of hydrogen-bond donors (Lipinski definition) is 1. The number of benzene rings is 1. The molecule has 2 rings (SSSR count). The predicted octanol–water partition coefficient (Wildman–Crippen LogP) is 1.88. The first-order valence-corrected chi connectivity index (χ1v) is 4.85. The van der Waals surface area contributed by atoms with Crippen LogP contribution in [-0.4, -0.2) is 19.4 Å². The number of carbonyl (C=O) groups is 1. The quantitative estimate of drug-likeness (QED) is 0.716. The van der Waals surface area contributed by atoms with Gasteiger partial charge in [0.2, 0.25) is 0 Å². The van der Waals surface area contributed by atoms with E-state index < -0.39 is 0 Å². The molecular weight excluding hydrogens is 174 g/mol. The summed E-state index contributed by atoms with van der Waals surface area (Å²) in [5.41, 5.74) is 3.27. The molecule has 0 amide bonds. The second kappa shape index (κ2) is 4.20. The number of aldehydes is 1. The van der Waals surface area contributed by atoms with Crippen molar-refractivity contribution in [3.8, 4) is 0 Å². The molecule has 0 atom stereocenters. The molecule has 1 N–H and O–H groups in total. The summed E-state index contributed by atoms with van der Waals surface area (Å²) in [5, 5.41) is 3.27. The molecule has 1 aliphatic heterocycles. The zero-order valence-corrected chi connectivity index (χ0v) is 7.99. The highest BCUT2D eigenvalue weighted by atomic mass is 16.1. The lowest BCUT2D eigenvalue weighted by Crippen LogP contribution is -2.20. The SMILES string of the molecule is O=Cc1cccc(C2=CCNCC2)c1. The molecule has 0 fully saturated rings. The van der Waals surface area contributed by atoms with Crippen molar-refractivity contribution >= 4 is 11.9 Å². The van der Waals surface area contributed by atoms with Crippen LogP contribution in [0.4, 0.5) is 0 Å². The summed E-state index contributed by atoms with van der Waals surface area (Å²) in [6.07, 6.45) is 4.13. The van der Waals surface area contributed by atoms with Crippen LogP contribution < -0.4 is 5.32 Å². The summed E-state index contributed by atoms with van der Waals surface area (Å²) >= 11 is 0. The van der Waals surface area contributed by atoms with Crippen molar-refractivity contribution in [3.05, 3.63) is 41.5 Å². The number of rotatable bonds is 2. The summed E-state index contributed by atoms with van der Waals surface area (Å²) in [6.45, 7) is 1.96. The van der Waals surface area contributed by atoms with Gasteiger partial charge in [-0.1, -0.05) is 24.3 Å². The Labute approximate surface area is 83.6 Å². The van der Waals surface area contributed by atoms with E-state index in [0.29, 0.717) is 0 Å². The normalized spacial score (nSPS) is 16.1. The molecule has 2 heteroatoms. The molecule has 0 radical (unpaired) electrons. The third kappa shape index (κ3) is 1.91. The minimum absolute atomic E-state index is 0.752. The van der Waals surface area contributed by atoms with Gasteiger partial charge in [-0.2, -0.15) is 0 Å². The molecule has 72 valence electrons. The van der Waals surface area contributed by atoms with Crippen LogP contribution >= 0.6 is 0 Å². The van der Waals surface area contributed by atoms with Crippen molar-refractivity contribution in [2.75, 3.05) is 13.1 Å². The number of hydrogen-bond acceptors (Lipinski definition) is 2. The van der Waals surface area contributed by atoms with Crippen LogP contribution in [-0.2, 0) is 0 Å². The molecule has 0 unspecified atom stereocenters. The molecule has 0 aromatic heterocycles. The van der Waals surface area contributed by atoms with Gasteiger partial charge in [-0.3, -0.25) is 4.79 Å². The van der Waals surface area contributed by atoms with Crippen LogP contribution in [0, 0.1) is 0 Å². The van der Waals surface area contributed by atoms with Gasteiger partial charge in [0.1, 0.15) is 6.29 Å². The second-order valence-corrected chi connectivity index (χ2v) is 3.43. The molecule has 1 heterocycles. The van der Waals surface area contributed by atoms with E-state index in [0.717, 1.165) is 31.4 Å². The zero-order chi connectivity index (χ0) is 9.80. The molecule has 2 nitrogen and oxygen atoms in total. The zero-order valence-electron chi connectivity index (χ0n) is 7.99. The lowest BCUT2D eigenvalue weighted by atomic mass is 9.99. The fourth-order valence-corrected chi connectivity index (χ4v) is 1.70. The van der Waals surface area contributed by atoms with Crippen LogP contribution in [0.1, 0.15) is 22.3 Å². The Morgan fingerprint density at radius 3 is 3.00 bits per heavy atom. The summed E-state index contributed by atoms with van der Waals surface area (Å²) < 4.78 is 0. The average Bonchev–Trinajstić information content (AvgIpc) is 2.30. The van der Waals surface area contributed by atoms with E-state index in [-0.39, 0.29) is 0 Å². The minimum atomic E-state index is 0.752. The summed E-state index contributed by atoms with van der Waals surface area (Å²) in [7, 11) is 0. The highest BCUT2D eigenvalue weighted by Gasteiger charge is 2.05. The highest BCUT2D eigenvalue weighted by Crippen LogP contribution is 2.19. The van der Waals surface area contributed by atoms with E-state index in [2.05, 4.69) is 17.5 Å². The Balaban J connectivity index is 2.30. The fourth-order valence-electron chi connectivity index (χ4n) is 1.70. The maximum Gasteiger partial charge on any atom is 0.150 e. The topological polar surface area (TPSA) is 29.1 Å².